The molecule has 2 heterocycles. The predicted octanol–water partition coefficient (Wildman–Crippen LogP) is 3.33. The molecule has 0 unspecified atom stereocenters. The van der Waals surface area contributed by atoms with Gasteiger partial charge in [0.1, 0.15) is 23.3 Å². The van der Waals surface area contributed by atoms with Crippen molar-refractivity contribution in [3.63, 3.8) is 0 Å². The fourth-order valence-electron chi connectivity index (χ4n) is 2.83. The van der Waals surface area contributed by atoms with Crippen LogP contribution < -0.4 is 16.4 Å². The maximum atomic E-state index is 13.2. The highest BCUT2D eigenvalue weighted by atomic mass is 19.4. The van der Waals surface area contributed by atoms with Gasteiger partial charge < -0.3 is 16.4 Å². The summed E-state index contributed by atoms with van der Waals surface area (Å²) in [7, 11) is 3.37. The van der Waals surface area contributed by atoms with Gasteiger partial charge in [0.05, 0.1) is 11.3 Å². The quantitative estimate of drug-likeness (QED) is 0.693. The van der Waals surface area contributed by atoms with E-state index in [-0.39, 0.29) is 28.6 Å². The Bertz CT molecular complexity index is 1120. The third-order valence-corrected chi connectivity index (χ3v) is 4.13. The molecule has 0 saturated heterocycles. The van der Waals surface area contributed by atoms with Crippen LogP contribution in [0.15, 0.2) is 36.5 Å². The van der Waals surface area contributed by atoms with Crippen molar-refractivity contribution in [1.29, 1.82) is 5.26 Å². The number of nitrogens with two attached hydrogens (primary N) is 2. The van der Waals surface area contributed by atoms with E-state index in [1.807, 2.05) is 6.07 Å². The van der Waals surface area contributed by atoms with Gasteiger partial charge in [0.15, 0.2) is 0 Å². The van der Waals surface area contributed by atoms with E-state index in [1.54, 1.807) is 43.3 Å². The van der Waals surface area contributed by atoms with Gasteiger partial charge in [-0.25, -0.2) is 9.97 Å². The van der Waals surface area contributed by atoms with Crippen LogP contribution in [-0.4, -0.2) is 29.0 Å². The molecule has 3 aromatic rings. The van der Waals surface area contributed by atoms with E-state index in [9.17, 15) is 18.4 Å². The van der Waals surface area contributed by atoms with E-state index in [4.69, 9.17) is 11.5 Å². The first kappa shape index (κ1) is 19.9. The van der Waals surface area contributed by atoms with Crippen molar-refractivity contribution in [2.24, 2.45) is 0 Å². The molecule has 10 heteroatoms. The number of benzene rings is 1. The fraction of sp³-hybridized carbons (Fsp3) is 0.158. The van der Waals surface area contributed by atoms with Crippen molar-refractivity contribution < 1.29 is 13.2 Å². The first-order valence-electron chi connectivity index (χ1n) is 8.30. The summed E-state index contributed by atoms with van der Waals surface area (Å²) >= 11 is 0. The minimum Gasteiger partial charge on any atom is -0.382 e. The van der Waals surface area contributed by atoms with Crippen LogP contribution >= 0.6 is 0 Å². The average molecular weight is 399 g/mol. The van der Waals surface area contributed by atoms with E-state index in [0.29, 0.717) is 16.9 Å². The van der Waals surface area contributed by atoms with Crippen molar-refractivity contribution in [3.8, 4) is 28.5 Å². The van der Waals surface area contributed by atoms with E-state index in [2.05, 4.69) is 15.0 Å². The van der Waals surface area contributed by atoms with Crippen molar-refractivity contribution in [3.05, 3.63) is 47.7 Å². The Balaban J connectivity index is 2.23. The minimum absolute atomic E-state index is 0.0337. The van der Waals surface area contributed by atoms with Crippen molar-refractivity contribution in [2.45, 2.75) is 6.18 Å². The molecule has 0 radical (unpaired) electrons. The first-order chi connectivity index (χ1) is 13.6. The third-order valence-electron chi connectivity index (χ3n) is 4.13. The zero-order chi connectivity index (χ0) is 21.3. The molecule has 2 aromatic heterocycles. The second-order valence-corrected chi connectivity index (χ2v) is 6.37. The number of alkyl halides is 3. The second-order valence-electron chi connectivity index (χ2n) is 6.37. The molecule has 0 aliphatic heterocycles. The number of hydrogen-bond acceptors (Lipinski definition) is 7. The maximum absolute atomic E-state index is 13.2. The van der Waals surface area contributed by atoms with Gasteiger partial charge in [0.2, 0.25) is 5.95 Å². The van der Waals surface area contributed by atoms with Crippen LogP contribution in [0.3, 0.4) is 0 Å². The van der Waals surface area contributed by atoms with E-state index >= 15 is 0 Å². The van der Waals surface area contributed by atoms with Gasteiger partial charge in [0.25, 0.3) is 0 Å². The topological polar surface area (TPSA) is 118 Å². The van der Waals surface area contributed by atoms with Crippen LogP contribution in [-0.2, 0) is 6.18 Å². The lowest BCUT2D eigenvalue weighted by molar-refractivity contribution is -0.137. The largest absolute Gasteiger partial charge is 0.417 e. The first-order valence-corrected chi connectivity index (χ1v) is 8.30. The monoisotopic (exact) mass is 399 g/mol. The molecule has 29 heavy (non-hydrogen) atoms. The molecule has 4 N–H and O–H groups in total. The molecule has 0 saturated carbocycles. The molecule has 0 amide bonds. The Morgan fingerprint density at radius 3 is 2.38 bits per heavy atom. The van der Waals surface area contributed by atoms with Gasteiger partial charge in [-0.15, -0.1) is 0 Å². The highest BCUT2D eigenvalue weighted by Crippen LogP contribution is 2.37. The van der Waals surface area contributed by atoms with Crippen molar-refractivity contribution >= 4 is 17.6 Å². The number of halogens is 3. The molecule has 0 bridgehead atoms. The van der Waals surface area contributed by atoms with Gasteiger partial charge in [-0.1, -0.05) is 18.2 Å². The number of pyridine rings is 1. The molecular formula is C19H16F3N7. The van der Waals surface area contributed by atoms with Crippen molar-refractivity contribution in [2.75, 3.05) is 30.5 Å². The normalized spacial score (nSPS) is 11.2. The lowest BCUT2D eigenvalue weighted by atomic mass is 9.99. The predicted molar refractivity (Wildman–Crippen MR) is 104 cm³/mol. The SMILES string of the molecule is CN(C)c1ncc(C(F)(F)F)cc1-c1cccc(-c2nc(N)nc(N)c2C#N)c1. The highest BCUT2D eigenvalue weighted by Gasteiger charge is 2.32. The number of nitrogen functional groups attached to an aromatic ring is 2. The summed E-state index contributed by atoms with van der Waals surface area (Å²) in [4.78, 5) is 13.4. The summed E-state index contributed by atoms with van der Waals surface area (Å²) in [6.07, 6.45) is -3.74. The van der Waals surface area contributed by atoms with Crippen molar-refractivity contribution in [1.82, 2.24) is 15.0 Å². The van der Waals surface area contributed by atoms with Crippen LogP contribution in [0, 0.1) is 11.3 Å². The Labute approximate surface area is 164 Å². The zero-order valence-corrected chi connectivity index (χ0v) is 15.5. The third kappa shape index (κ3) is 3.89. The summed E-state index contributed by atoms with van der Waals surface area (Å²) in [5, 5.41) is 9.39. The lowest BCUT2D eigenvalue weighted by Crippen LogP contribution is -2.14. The van der Waals surface area contributed by atoms with E-state index in [0.717, 1.165) is 12.3 Å². The minimum atomic E-state index is -4.53. The molecular weight excluding hydrogens is 383 g/mol. The van der Waals surface area contributed by atoms with Gasteiger partial charge in [0, 0.05) is 31.4 Å². The fourth-order valence-corrected chi connectivity index (χ4v) is 2.83. The van der Waals surface area contributed by atoms with Crippen LogP contribution in [0.1, 0.15) is 11.1 Å². The Kier molecular flexibility index (Phi) is 4.99. The number of anilines is 3. The van der Waals surface area contributed by atoms with Gasteiger partial charge in [-0.2, -0.15) is 23.4 Å². The van der Waals surface area contributed by atoms with Gasteiger partial charge in [-0.3, -0.25) is 0 Å². The van der Waals surface area contributed by atoms with Crippen LogP contribution in [0.4, 0.5) is 30.8 Å². The van der Waals surface area contributed by atoms with Crippen LogP contribution in [0.5, 0.6) is 0 Å². The molecule has 0 aliphatic rings. The average Bonchev–Trinajstić information content (AvgIpc) is 2.66. The molecule has 0 fully saturated rings. The molecule has 3 rings (SSSR count). The number of nitrogens with zero attached hydrogens (tertiary/aromatic N) is 5. The molecule has 7 nitrogen and oxygen atoms in total. The number of hydrogen-bond donors (Lipinski definition) is 2. The molecule has 1 aromatic carbocycles. The van der Waals surface area contributed by atoms with Gasteiger partial charge in [-0.05, 0) is 17.7 Å². The summed E-state index contributed by atoms with van der Waals surface area (Å²) in [6.45, 7) is 0. The maximum Gasteiger partial charge on any atom is 0.417 e. The van der Waals surface area contributed by atoms with Crippen LogP contribution in [0.25, 0.3) is 22.4 Å². The summed E-state index contributed by atoms with van der Waals surface area (Å²) in [5.74, 6) is 0.170. The number of aromatic nitrogens is 3. The Hall–Kier alpha value is -3.87. The Morgan fingerprint density at radius 1 is 1.07 bits per heavy atom. The highest BCUT2D eigenvalue weighted by molar-refractivity contribution is 5.81. The molecule has 0 atom stereocenters. The molecule has 0 spiro atoms. The molecule has 0 aliphatic carbocycles. The van der Waals surface area contributed by atoms with E-state index < -0.39 is 11.7 Å². The number of rotatable bonds is 3. The smallest absolute Gasteiger partial charge is 0.382 e. The zero-order valence-electron chi connectivity index (χ0n) is 15.5. The lowest BCUT2D eigenvalue weighted by Gasteiger charge is -2.18. The standard InChI is InChI=1S/C19H16F3N7/c1-29(2)17-13(7-12(9-26-17)19(20,21)22)10-4-3-5-11(6-10)15-14(8-23)16(24)28-18(25)27-15/h3-7,9H,1-2H3,(H4,24,25,27,28). The van der Waals surface area contributed by atoms with E-state index in [1.165, 1.54) is 0 Å². The second kappa shape index (κ2) is 7.27. The molecule has 148 valence electrons. The van der Waals surface area contributed by atoms with Gasteiger partial charge >= 0.3 is 6.18 Å². The summed E-state index contributed by atoms with van der Waals surface area (Å²) in [5.41, 5.74) is 12.0. The number of nitriles is 1. The Morgan fingerprint density at radius 2 is 1.76 bits per heavy atom. The van der Waals surface area contributed by atoms with Crippen LogP contribution in [0.2, 0.25) is 0 Å². The summed E-state index contributed by atoms with van der Waals surface area (Å²) in [6, 6.07) is 9.51. The summed E-state index contributed by atoms with van der Waals surface area (Å²) < 4.78 is 39.6.